The van der Waals surface area contributed by atoms with Crippen molar-refractivity contribution in [2.45, 2.75) is 0 Å². The third-order valence-electron chi connectivity index (χ3n) is 1.84. The van der Waals surface area contributed by atoms with E-state index in [1.807, 2.05) is 36.5 Å². The summed E-state index contributed by atoms with van der Waals surface area (Å²) >= 11 is 8.49. The van der Waals surface area contributed by atoms with E-state index >= 15 is 0 Å². The molecule has 0 amide bonds. The number of benzene rings is 1. The van der Waals surface area contributed by atoms with Gasteiger partial charge in [-0.05, 0) is 12.1 Å². The van der Waals surface area contributed by atoms with Crippen molar-refractivity contribution in [1.29, 1.82) is 0 Å². The first-order valence-corrected chi connectivity index (χ1v) is 5.32. The van der Waals surface area contributed by atoms with Crippen molar-refractivity contribution in [1.82, 2.24) is 15.1 Å². The second-order valence-electron chi connectivity index (χ2n) is 3.13. The molecule has 0 radical (unpaired) electrons. The minimum atomic E-state index is 0.666. The molecule has 0 unspecified atom stereocenters. The fraction of sp³-hybridized carbons (Fsp3) is 0.111. The van der Waals surface area contributed by atoms with Gasteiger partial charge in [-0.2, -0.15) is 4.41 Å². The van der Waals surface area contributed by atoms with Crippen molar-refractivity contribution in [2.24, 2.45) is 0 Å². The first-order valence-electron chi connectivity index (χ1n) is 4.47. The van der Waals surface area contributed by atoms with Crippen LogP contribution in [-0.2, 0) is 0 Å². The molecule has 0 aliphatic carbocycles. The van der Waals surface area contributed by atoms with Crippen LogP contribution < -0.4 is 11.0 Å². The molecule has 2 N–H and O–H groups in total. The maximum Gasteiger partial charge on any atom is 0.0584 e. The van der Waals surface area contributed by atoms with Crippen molar-refractivity contribution in [3.8, 4) is 0 Å². The third kappa shape index (κ3) is 3.07. The number of rotatable bonds is 2. The van der Waals surface area contributed by atoms with Gasteiger partial charge in [0.2, 0.25) is 0 Å². The third-order valence-corrected chi connectivity index (χ3v) is 2.32. The van der Waals surface area contributed by atoms with E-state index in [0.29, 0.717) is 6.54 Å². The highest BCUT2D eigenvalue weighted by molar-refractivity contribution is 7.84. The molecule has 0 aromatic heterocycles. The van der Waals surface area contributed by atoms with Gasteiger partial charge in [-0.1, -0.05) is 31.0 Å². The monoisotopic (exact) mass is 240 g/mol. The highest BCUT2D eigenvalue weighted by Crippen LogP contribution is 2.13. The smallest absolute Gasteiger partial charge is 0.0584 e. The Morgan fingerprint density at radius 1 is 1.27 bits per heavy atom. The number of nitrogens with one attached hydrogen (secondary N) is 2. The van der Waals surface area contributed by atoms with E-state index in [1.54, 1.807) is 9.53 Å². The average molecular weight is 240 g/mol. The number of hydrogen-bond acceptors (Lipinski definition) is 6. The van der Waals surface area contributed by atoms with Crippen LogP contribution in [0.5, 0.6) is 0 Å². The molecule has 0 fully saturated rings. The van der Waals surface area contributed by atoms with E-state index in [4.69, 9.17) is 0 Å². The van der Waals surface area contributed by atoms with Gasteiger partial charge in [-0.25, -0.2) is 5.12 Å². The Kier molecular flexibility index (Phi) is 3.42. The molecule has 0 spiro atoms. The minimum Gasteiger partial charge on any atom is -0.283 e. The molecule has 1 aromatic carbocycles. The number of thiol groups is 2. The Morgan fingerprint density at radius 3 is 2.67 bits per heavy atom. The Bertz CT molecular complexity index is 354. The van der Waals surface area contributed by atoms with Crippen molar-refractivity contribution in [2.75, 3.05) is 12.0 Å². The summed E-state index contributed by atoms with van der Waals surface area (Å²) in [5.74, 6) is 0. The molecule has 0 atom stereocenters. The maximum atomic E-state index is 4.30. The zero-order chi connectivity index (χ0) is 10.7. The second kappa shape index (κ2) is 4.80. The molecule has 0 saturated carbocycles. The summed E-state index contributed by atoms with van der Waals surface area (Å²) in [5, 5.41) is 1.70. The van der Waals surface area contributed by atoms with Gasteiger partial charge in [0.15, 0.2) is 0 Å². The number of para-hydroxylation sites is 1. The van der Waals surface area contributed by atoms with Crippen molar-refractivity contribution < 1.29 is 0 Å². The average Bonchev–Trinajstić information content (AvgIpc) is 2.17. The van der Waals surface area contributed by atoms with E-state index < -0.39 is 0 Å². The Morgan fingerprint density at radius 2 is 2.00 bits per heavy atom. The highest BCUT2D eigenvalue weighted by atomic mass is 32.1. The normalized spacial score (nSPS) is 17.5. The van der Waals surface area contributed by atoms with Gasteiger partial charge in [0.25, 0.3) is 0 Å². The van der Waals surface area contributed by atoms with Crippen LogP contribution in [0.25, 0.3) is 0 Å². The van der Waals surface area contributed by atoms with Crippen LogP contribution in [0.2, 0.25) is 0 Å². The molecule has 1 heterocycles. The van der Waals surface area contributed by atoms with E-state index in [9.17, 15) is 0 Å². The molecule has 15 heavy (non-hydrogen) atoms. The molecule has 6 heteroatoms. The summed E-state index contributed by atoms with van der Waals surface area (Å²) in [7, 11) is 0. The lowest BCUT2D eigenvalue weighted by molar-refractivity contribution is 0.167. The van der Waals surface area contributed by atoms with Crippen LogP contribution in [0.4, 0.5) is 5.69 Å². The molecule has 0 bridgehead atoms. The maximum absolute atomic E-state index is 4.30. The summed E-state index contributed by atoms with van der Waals surface area (Å²) in [6, 6.07) is 9.86. The van der Waals surface area contributed by atoms with Crippen LogP contribution in [0.1, 0.15) is 0 Å². The summed E-state index contributed by atoms with van der Waals surface area (Å²) in [6.45, 7) is 0.666. The number of hydrogen-bond donors (Lipinski definition) is 4. The predicted octanol–water partition coefficient (Wildman–Crippen LogP) is 1.67. The first kappa shape index (κ1) is 10.7. The van der Waals surface area contributed by atoms with Crippen molar-refractivity contribution in [3.05, 3.63) is 41.4 Å². The van der Waals surface area contributed by atoms with Gasteiger partial charge in [0.1, 0.15) is 0 Å². The van der Waals surface area contributed by atoms with Gasteiger partial charge >= 0.3 is 0 Å². The first-order chi connectivity index (χ1) is 7.24. The van der Waals surface area contributed by atoms with Gasteiger partial charge in [-0.3, -0.25) is 5.43 Å². The molecule has 1 aliphatic rings. The van der Waals surface area contributed by atoms with Crippen LogP contribution >= 0.6 is 25.4 Å². The molecule has 1 aromatic rings. The van der Waals surface area contributed by atoms with E-state index in [0.717, 1.165) is 10.6 Å². The molecular weight excluding hydrogens is 228 g/mol. The highest BCUT2D eigenvalue weighted by Gasteiger charge is 2.12. The van der Waals surface area contributed by atoms with Crippen molar-refractivity contribution >= 4 is 31.1 Å². The largest absolute Gasteiger partial charge is 0.283 e. The topological polar surface area (TPSA) is 30.5 Å². The van der Waals surface area contributed by atoms with Gasteiger partial charge in [-0.15, -0.1) is 18.2 Å². The lowest BCUT2D eigenvalue weighted by atomic mass is 10.3. The minimum absolute atomic E-state index is 0.666. The zero-order valence-electron chi connectivity index (χ0n) is 7.96. The number of anilines is 1. The van der Waals surface area contributed by atoms with Crippen molar-refractivity contribution in [3.63, 3.8) is 0 Å². The Hall–Kier alpha value is -0.820. The predicted molar refractivity (Wildman–Crippen MR) is 67.8 cm³/mol. The van der Waals surface area contributed by atoms with Gasteiger partial charge < -0.3 is 0 Å². The molecule has 0 saturated heterocycles. The summed E-state index contributed by atoms with van der Waals surface area (Å²) < 4.78 is 1.64. The van der Waals surface area contributed by atoms with Gasteiger partial charge in [0.05, 0.1) is 18.4 Å². The zero-order valence-corrected chi connectivity index (χ0v) is 9.75. The second-order valence-corrected chi connectivity index (χ2v) is 4.18. The standard InChI is InChI=1S/C9H12N4S2/c14-9-6-12(11-13(15)7-9)10-8-4-2-1-3-5-8/h1-6,10-11,14-15H,7H2. The quantitative estimate of drug-likeness (QED) is 0.592. The Labute approximate surface area is 99.8 Å². The van der Waals surface area contributed by atoms with Crippen LogP contribution in [0.3, 0.4) is 0 Å². The van der Waals surface area contributed by atoms with E-state index in [-0.39, 0.29) is 0 Å². The molecule has 1 aliphatic heterocycles. The fourth-order valence-corrected chi connectivity index (χ4v) is 1.86. The van der Waals surface area contributed by atoms with Gasteiger partial charge in [0, 0.05) is 4.91 Å². The molecular formula is C9H12N4S2. The molecule has 2 rings (SSSR count). The summed E-state index contributed by atoms with van der Waals surface area (Å²) in [4.78, 5) is 0.923. The molecule has 80 valence electrons. The van der Waals surface area contributed by atoms with Crippen LogP contribution in [0.15, 0.2) is 41.4 Å². The Balaban J connectivity index is 2.04. The number of hydrazine groups is 3. The van der Waals surface area contributed by atoms with E-state index in [1.165, 1.54) is 0 Å². The van der Waals surface area contributed by atoms with E-state index in [2.05, 4.69) is 36.4 Å². The lowest BCUT2D eigenvalue weighted by Crippen LogP contribution is -2.49. The van der Waals surface area contributed by atoms with Crippen LogP contribution in [-0.4, -0.2) is 16.1 Å². The summed E-state index contributed by atoms with van der Waals surface area (Å²) in [6.07, 6.45) is 1.86. The summed E-state index contributed by atoms with van der Waals surface area (Å²) in [5.41, 5.74) is 7.13. The number of nitrogens with zero attached hydrogens (tertiary/aromatic N) is 2. The lowest BCUT2D eigenvalue weighted by Gasteiger charge is -2.32. The SMILES string of the molecule is SC1=CN(Nc2ccccc2)NN(S)C1. The fourth-order valence-electron chi connectivity index (χ4n) is 1.24. The van der Waals surface area contributed by atoms with Crippen LogP contribution in [0, 0.1) is 0 Å². The molecule has 4 nitrogen and oxygen atoms in total.